The maximum absolute atomic E-state index is 5.76. The summed E-state index contributed by atoms with van der Waals surface area (Å²) >= 11 is 0. The second kappa shape index (κ2) is 4.29. The van der Waals surface area contributed by atoms with Crippen LogP contribution in [0, 0.1) is 5.92 Å². The third-order valence-electron chi connectivity index (χ3n) is 3.35. The van der Waals surface area contributed by atoms with Gasteiger partial charge in [-0.2, -0.15) is 0 Å². The molecular weight excluding hydrogens is 216 g/mol. The second-order valence-electron chi connectivity index (χ2n) is 4.50. The van der Waals surface area contributed by atoms with Gasteiger partial charge in [-0.3, -0.25) is 4.40 Å². The molecule has 1 fully saturated rings. The molecule has 2 aromatic rings. The van der Waals surface area contributed by atoms with Crippen LogP contribution in [0.2, 0.25) is 0 Å². The van der Waals surface area contributed by atoms with Gasteiger partial charge in [0.15, 0.2) is 5.82 Å². The van der Waals surface area contributed by atoms with E-state index in [1.807, 2.05) is 10.6 Å². The lowest BCUT2D eigenvalue weighted by molar-refractivity contribution is 0.422. The number of rotatable bonds is 2. The summed E-state index contributed by atoms with van der Waals surface area (Å²) < 4.78 is 1.90. The fraction of sp³-hybridized carbons (Fsp3) is 0.545. The summed E-state index contributed by atoms with van der Waals surface area (Å²) in [6.07, 6.45) is 7.73. The minimum absolute atomic E-state index is 0.564. The van der Waals surface area contributed by atoms with Crippen LogP contribution in [0.3, 0.4) is 0 Å². The molecule has 6 nitrogen and oxygen atoms in total. The van der Waals surface area contributed by atoms with Crippen LogP contribution in [-0.2, 0) is 0 Å². The molecule has 17 heavy (non-hydrogen) atoms. The van der Waals surface area contributed by atoms with Gasteiger partial charge < -0.3 is 10.6 Å². The Hall–Kier alpha value is -1.69. The average Bonchev–Trinajstić information content (AvgIpc) is 2.87. The zero-order valence-electron chi connectivity index (χ0n) is 9.66. The number of nitrogens with zero attached hydrogens (tertiary/aromatic N) is 5. The van der Waals surface area contributed by atoms with Crippen molar-refractivity contribution in [3.05, 3.63) is 18.7 Å². The third kappa shape index (κ3) is 1.84. The highest BCUT2D eigenvalue weighted by molar-refractivity contribution is 5.63. The van der Waals surface area contributed by atoms with Gasteiger partial charge in [0, 0.05) is 25.5 Å². The normalized spacial score (nSPS) is 21.0. The van der Waals surface area contributed by atoms with Crippen molar-refractivity contribution >= 4 is 11.5 Å². The predicted molar refractivity (Wildman–Crippen MR) is 64.8 cm³/mol. The van der Waals surface area contributed by atoms with Crippen molar-refractivity contribution in [2.45, 2.75) is 12.8 Å². The Morgan fingerprint density at radius 1 is 1.47 bits per heavy atom. The SMILES string of the molecule is NC[C@@H]1CCCN(c2nccn3cnnc23)C1. The molecular formula is C11H16N6. The van der Waals surface area contributed by atoms with Crippen LogP contribution in [-0.4, -0.2) is 39.2 Å². The minimum atomic E-state index is 0.564. The highest BCUT2D eigenvalue weighted by Crippen LogP contribution is 2.23. The molecule has 0 radical (unpaired) electrons. The summed E-state index contributed by atoms with van der Waals surface area (Å²) in [4.78, 5) is 6.70. The third-order valence-corrected chi connectivity index (χ3v) is 3.35. The van der Waals surface area contributed by atoms with E-state index in [0.29, 0.717) is 5.92 Å². The zero-order chi connectivity index (χ0) is 11.7. The van der Waals surface area contributed by atoms with Gasteiger partial charge in [0.05, 0.1) is 0 Å². The van der Waals surface area contributed by atoms with E-state index in [-0.39, 0.29) is 0 Å². The molecule has 90 valence electrons. The van der Waals surface area contributed by atoms with Gasteiger partial charge in [-0.25, -0.2) is 4.98 Å². The molecule has 0 aliphatic carbocycles. The zero-order valence-corrected chi connectivity index (χ0v) is 9.66. The van der Waals surface area contributed by atoms with Crippen LogP contribution in [0.1, 0.15) is 12.8 Å². The molecule has 1 atom stereocenters. The maximum Gasteiger partial charge on any atom is 0.203 e. The Balaban J connectivity index is 1.94. The smallest absolute Gasteiger partial charge is 0.203 e. The Morgan fingerprint density at radius 2 is 2.41 bits per heavy atom. The average molecular weight is 232 g/mol. The monoisotopic (exact) mass is 232 g/mol. The number of aromatic nitrogens is 4. The van der Waals surface area contributed by atoms with E-state index in [4.69, 9.17) is 5.73 Å². The van der Waals surface area contributed by atoms with Gasteiger partial charge in [0.1, 0.15) is 6.33 Å². The van der Waals surface area contributed by atoms with Gasteiger partial charge in [-0.15, -0.1) is 10.2 Å². The number of hydrogen-bond acceptors (Lipinski definition) is 5. The topological polar surface area (TPSA) is 72.3 Å². The first-order chi connectivity index (χ1) is 8.38. The predicted octanol–water partition coefficient (Wildman–Crippen LogP) is 0.299. The van der Waals surface area contributed by atoms with Crippen LogP contribution in [0.25, 0.3) is 5.65 Å². The molecule has 2 aromatic heterocycles. The number of piperidine rings is 1. The van der Waals surface area contributed by atoms with Crippen molar-refractivity contribution in [3.8, 4) is 0 Å². The van der Waals surface area contributed by atoms with E-state index in [1.165, 1.54) is 12.8 Å². The first-order valence-electron chi connectivity index (χ1n) is 5.98. The van der Waals surface area contributed by atoms with E-state index in [2.05, 4.69) is 20.1 Å². The highest BCUT2D eigenvalue weighted by atomic mass is 15.3. The van der Waals surface area contributed by atoms with E-state index in [1.54, 1.807) is 12.5 Å². The van der Waals surface area contributed by atoms with Crippen LogP contribution in [0.4, 0.5) is 5.82 Å². The van der Waals surface area contributed by atoms with Crippen LogP contribution < -0.4 is 10.6 Å². The fourth-order valence-corrected chi connectivity index (χ4v) is 2.42. The summed E-state index contributed by atoms with van der Waals surface area (Å²) in [5, 5.41) is 8.04. The Labute approximate surface area is 99.5 Å². The number of anilines is 1. The summed E-state index contributed by atoms with van der Waals surface area (Å²) in [6.45, 7) is 2.73. The van der Waals surface area contributed by atoms with Crippen molar-refractivity contribution in [1.82, 2.24) is 19.6 Å². The summed E-state index contributed by atoms with van der Waals surface area (Å²) in [7, 11) is 0. The molecule has 3 heterocycles. The lowest BCUT2D eigenvalue weighted by Gasteiger charge is -2.32. The van der Waals surface area contributed by atoms with Crippen molar-refractivity contribution in [2.24, 2.45) is 11.7 Å². The molecule has 1 aliphatic heterocycles. The van der Waals surface area contributed by atoms with E-state index < -0.39 is 0 Å². The van der Waals surface area contributed by atoms with Gasteiger partial charge in [0.2, 0.25) is 5.65 Å². The Bertz CT molecular complexity index is 507. The fourth-order valence-electron chi connectivity index (χ4n) is 2.42. The second-order valence-corrected chi connectivity index (χ2v) is 4.50. The molecule has 2 N–H and O–H groups in total. The number of fused-ring (bicyclic) bond motifs is 1. The van der Waals surface area contributed by atoms with Gasteiger partial charge in [0.25, 0.3) is 0 Å². The molecule has 0 unspecified atom stereocenters. The van der Waals surface area contributed by atoms with Gasteiger partial charge in [-0.1, -0.05) is 0 Å². The molecule has 0 amide bonds. The number of hydrogen-bond donors (Lipinski definition) is 1. The van der Waals surface area contributed by atoms with E-state index >= 15 is 0 Å². The molecule has 0 spiro atoms. The van der Waals surface area contributed by atoms with Crippen molar-refractivity contribution in [1.29, 1.82) is 0 Å². The largest absolute Gasteiger partial charge is 0.353 e. The maximum atomic E-state index is 5.76. The molecule has 6 heteroatoms. The summed E-state index contributed by atoms with van der Waals surface area (Å²) in [5.41, 5.74) is 6.58. The standard InChI is InChI=1S/C11H16N6/c12-6-9-2-1-4-16(7-9)10-11-15-14-8-17(11)5-3-13-10/h3,5,8-9H,1-2,4,6-7,12H2/t9-/m0/s1. The van der Waals surface area contributed by atoms with Gasteiger partial charge >= 0.3 is 0 Å². The molecule has 0 bridgehead atoms. The first-order valence-corrected chi connectivity index (χ1v) is 5.98. The summed E-state index contributed by atoms with van der Waals surface area (Å²) in [6, 6.07) is 0. The molecule has 1 saturated heterocycles. The molecule has 0 saturated carbocycles. The van der Waals surface area contributed by atoms with Crippen LogP contribution >= 0.6 is 0 Å². The van der Waals surface area contributed by atoms with Crippen molar-refractivity contribution < 1.29 is 0 Å². The van der Waals surface area contributed by atoms with Crippen molar-refractivity contribution in [2.75, 3.05) is 24.5 Å². The Kier molecular flexibility index (Phi) is 2.64. The first kappa shape index (κ1) is 10.5. The van der Waals surface area contributed by atoms with E-state index in [0.717, 1.165) is 31.1 Å². The van der Waals surface area contributed by atoms with Crippen molar-refractivity contribution in [3.63, 3.8) is 0 Å². The van der Waals surface area contributed by atoms with Gasteiger partial charge in [-0.05, 0) is 25.3 Å². The van der Waals surface area contributed by atoms with Crippen LogP contribution in [0.5, 0.6) is 0 Å². The minimum Gasteiger partial charge on any atom is -0.353 e. The van der Waals surface area contributed by atoms with E-state index in [9.17, 15) is 0 Å². The highest BCUT2D eigenvalue weighted by Gasteiger charge is 2.22. The molecule has 0 aromatic carbocycles. The Morgan fingerprint density at radius 3 is 3.29 bits per heavy atom. The molecule has 3 rings (SSSR count). The number of nitrogens with two attached hydrogens (primary N) is 1. The lowest BCUT2D eigenvalue weighted by Crippen LogP contribution is -2.39. The lowest BCUT2D eigenvalue weighted by atomic mass is 9.98. The van der Waals surface area contributed by atoms with Crippen LogP contribution in [0.15, 0.2) is 18.7 Å². The molecule has 1 aliphatic rings. The summed E-state index contributed by atoms with van der Waals surface area (Å²) in [5.74, 6) is 1.48. The quantitative estimate of drug-likeness (QED) is 0.806.